The van der Waals surface area contributed by atoms with E-state index in [-0.39, 0.29) is 44.7 Å². The molecule has 0 spiro atoms. The van der Waals surface area contributed by atoms with Crippen molar-refractivity contribution in [3.05, 3.63) is 53.6 Å². The maximum atomic E-state index is 12.9. The average Bonchev–Trinajstić information content (AvgIpc) is 3.37. The molecule has 1 unspecified atom stereocenters. The number of rotatable bonds is 9. The Morgan fingerprint density at radius 2 is 1.92 bits per heavy atom. The second-order valence-electron chi connectivity index (χ2n) is 8.51. The molecule has 1 saturated heterocycles. The van der Waals surface area contributed by atoms with Gasteiger partial charge >= 0.3 is 5.97 Å². The van der Waals surface area contributed by atoms with Crippen molar-refractivity contribution in [2.75, 3.05) is 44.5 Å². The summed E-state index contributed by atoms with van der Waals surface area (Å²) in [5.74, 6) is 0.0804. The molecule has 0 aromatic heterocycles. The molecular formula is C25H29N5O7. The third kappa shape index (κ3) is 6.21. The summed E-state index contributed by atoms with van der Waals surface area (Å²) in [7, 11) is 0. The van der Waals surface area contributed by atoms with Crippen molar-refractivity contribution in [1.29, 1.82) is 0 Å². The van der Waals surface area contributed by atoms with Crippen LogP contribution in [0.3, 0.4) is 0 Å². The van der Waals surface area contributed by atoms with Gasteiger partial charge in [-0.25, -0.2) is 0 Å². The van der Waals surface area contributed by atoms with E-state index in [0.29, 0.717) is 35.7 Å². The molecule has 2 aliphatic heterocycles. The maximum absolute atomic E-state index is 12.9. The number of benzene rings is 2. The number of nitrogens with two attached hydrogens (primary N) is 1. The lowest BCUT2D eigenvalue weighted by Gasteiger charge is -2.35. The molecule has 2 aliphatic rings. The molecular weight excluding hydrogens is 482 g/mol. The SMILES string of the molecule is CCOC(=O)CC(NC(=O)CN1CCN(c2ccc(/C(N)=N\O)cc2)CC1=O)c1ccc2c(c1)OCO2. The van der Waals surface area contributed by atoms with Gasteiger partial charge < -0.3 is 40.3 Å². The summed E-state index contributed by atoms with van der Waals surface area (Å²) in [4.78, 5) is 41.3. The summed E-state index contributed by atoms with van der Waals surface area (Å²) in [5, 5.41) is 14.6. The zero-order valence-corrected chi connectivity index (χ0v) is 20.4. The van der Waals surface area contributed by atoms with Crippen LogP contribution < -0.4 is 25.4 Å². The van der Waals surface area contributed by atoms with Gasteiger partial charge in [0, 0.05) is 24.3 Å². The molecule has 0 bridgehead atoms. The minimum atomic E-state index is -0.661. The number of amidine groups is 1. The predicted molar refractivity (Wildman–Crippen MR) is 132 cm³/mol. The van der Waals surface area contributed by atoms with Crippen molar-refractivity contribution in [1.82, 2.24) is 10.2 Å². The van der Waals surface area contributed by atoms with Crippen LogP contribution >= 0.6 is 0 Å². The Hall–Kier alpha value is -4.48. The Bertz CT molecular complexity index is 1180. The lowest BCUT2D eigenvalue weighted by Crippen LogP contribution is -2.53. The van der Waals surface area contributed by atoms with Crippen LogP contribution in [-0.4, -0.2) is 73.3 Å². The number of anilines is 1. The number of nitrogens with one attached hydrogen (secondary N) is 1. The Labute approximate surface area is 213 Å². The highest BCUT2D eigenvalue weighted by Crippen LogP contribution is 2.35. The van der Waals surface area contributed by atoms with Crippen LogP contribution in [0.15, 0.2) is 47.6 Å². The van der Waals surface area contributed by atoms with Crippen LogP contribution in [-0.2, 0) is 19.1 Å². The number of nitrogens with zero attached hydrogens (tertiary/aromatic N) is 3. The van der Waals surface area contributed by atoms with Crippen LogP contribution in [0.25, 0.3) is 0 Å². The zero-order chi connectivity index (χ0) is 26.4. The number of hydrogen-bond donors (Lipinski definition) is 3. The highest BCUT2D eigenvalue weighted by molar-refractivity contribution is 5.97. The fraction of sp³-hybridized carbons (Fsp3) is 0.360. The van der Waals surface area contributed by atoms with Gasteiger partial charge in [-0.2, -0.15) is 0 Å². The number of carbonyl (C=O) groups excluding carboxylic acids is 3. The fourth-order valence-electron chi connectivity index (χ4n) is 4.18. The summed E-state index contributed by atoms with van der Waals surface area (Å²) in [6.45, 7) is 2.88. The van der Waals surface area contributed by atoms with E-state index in [9.17, 15) is 14.4 Å². The Balaban J connectivity index is 1.37. The van der Waals surface area contributed by atoms with E-state index < -0.39 is 17.9 Å². The molecule has 12 heteroatoms. The number of amides is 2. The number of piperazine rings is 1. The fourth-order valence-corrected chi connectivity index (χ4v) is 4.18. The van der Waals surface area contributed by atoms with Gasteiger partial charge in [-0.15, -0.1) is 0 Å². The van der Waals surface area contributed by atoms with Gasteiger partial charge in [-0.05, 0) is 48.9 Å². The molecule has 2 aromatic carbocycles. The Kier molecular flexibility index (Phi) is 7.96. The largest absolute Gasteiger partial charge is 0.466 e. The van der Waals surface area contributed by atoms with Gasteiger partial charge in [-0.1, -0.05) is 11.2 Å². The molecule has 4 N–H and O–H groups in total. The van der Waals surface area contributed by atoms with Crippen molar-refractivity contribution in [2.24, 2.45) is 10.9 Å². The van der Waals surface area contributed by atoms with Crippen molar-refractivity contribution in [3.8, 4) is 11.5 Å². The minimum absolute atomic E-state index is 0.000432. The topological polar surface area (TPSA) is 156 Å². The monoisotopic (exact) mass is 511 g/mol. The maximum Gasteiger partial charge on any atom is 0.308 e. The van der Waals surface area contributed by atoms with Gasteiger partial charge in [0.25, 0.3) is 0 Å². The summed E-state index contributed by atoms with van der Waals surface area (Å²) in [5.41, 5.74) is 7.63. The smallest absolute Gasteiger partial charge is 0.308 e. The molecule has 2 heterocycles. The second-order valence-corrected chi connectivity index (χ2v) is 8.51. The first-order valence-electron chi connectivity index (χ1n) is 11.8. The number of ether oxygens (including phenoxy) is 3. The Morgan fingerprint density at radius 1 is 1.16 bits per heavy atom. The summed E-state index contributed by atoms with van der Waals surface area (Å²) in [6.07, 6.45) is -0.0670. The summed E-state index contributed by atoms with van der Waals surface area (Å²) in [6, 6.07) is 11.5. The molecule has 0 radical (unpaired) electrons. The van der Waals surface area contributed by atoms with E-state index >= 15 is 0 Å². The molecule has 2 aromatic rings. The molecule has 1 atom stereocenters. The van der Waals surface area contributed by atoms with Crippen molar-refractivity contribution < 1.29 is 33.8 Å². The van der Waals surface area contributed by atoms with Crippen molar-refractivity contribution in [3.63, 3.8) is 0 Å². The lowest BCUT2D eigenvalue weighted by atomic mass is 10.0. The van der Waals surface area contributed by atoms with E-state index in [1.54, 1.807) is 49.4 Å². The molecule has 37 heavy (non-hydrogen) atoms. The molecule has 2 amide bonds. The van der Waals surface area contributed by atoms with Gasteiger partial charge in [-0.3, -0.25) is 14.4 Å². The van der Waals surface area contributed by atoms with Crippen molar-refractivity contribution >= 4 is 29.3 Å². The highest BCUT2D eigenvalue weighted by atomic mass is 16.7. The summed E-state index contributed by atoms with van der Waals surface area (Å²) >= 11 is 0. The van der Waals surface area contributed by atoms with E-state index in [2.05, 4.69) is 10.5 Å². The third-order valence-corrected chi connectivity index (χ3v) is 6.10. The number of fused-ring (bicyclic) bond motifs is 1. The first-order chi connectivity index (χ1) is 17.9. The quantitative estimate of drug-likeness (QED) is 0.147. The molecule has 1 fully saturated rings. The van der Waals surface area contributed by atoms with Crippen molar-refractivity contribution in [2.45, 2.75) is 19.4 Å². The van der Waals surface area contributed by atoms with E-state index in [4.69, 9.17) is 25.2 Å². The number of esters is 1. The van der Waals surface area contributed by atoms with Gasteiger partial charge in [0.1, 0.15) is 0 Å². The highest BCUT2D eigenvalue weighted by Gasteiger charge is 2.28. The average molecular weight is 512 g/mol. The summed E-state index contributed by atoms with van der Waals surface area (Å²) < 4.78 is 15.8. The van der Waals surface area contributed by atoms with Crippen LogP contribution in [0.2, 0.25) is 0 Å². The third-order valence-electron chi connectivity index (χ3n) is 6.10. The zero-order valence-electron chi connectivity index (χ0n) is 20.4. The first kappa shape index (κ1) is 25.6. The van der Waals surface area contributed by atoms with Gasteiger partial charge in [0.15, 0.2) is 17.3 Å². The Morgan fingerprint density at radius 3 is 2.62 bits per heavy atom. The second kappa shape index (κ2) is 11.5. The van der Waals surface area contributed by atoms with Crippen LogP contribution in [0.4, 0.5) is 5.69 Å². The lowest BCUT2D eigenvalue weighted by molar-refractivity contribution is -0.144. The first-order valence-corrected chi connectivity index (χ1v) is 11.8. The molecule has 0 saturated carbocycles. The van der Waals surface area contributed by atoms with Crippen LogP contribution in [0, 0.1) is 0 Å². The van der Waals surface area contributed by atoms with Gasteiger partial charge in [0.2, 0.25) is 18.6 Å². The molecule has 12 nitrogen and oxygen atoms in total. The number of oxime groups is 1. The number of hydrogen-bond acceptors (Lipinski definition) is 9. The molecule has 0 aliphatic carbocycles. The molecule has 196 valence electrons. The predicted octanol–water partition coefficient (Wildman–Crippen LogP) is 0.969. The standard InChI is InChI=1S/C25H29N5O7/c1-2-35-24(33)12-19(17-5-8-20-21(11-17)37-15-36-20)27-22(31)13-30-10-9-29(14-23(30)32)18-6-3-16(4-7-18)25(26)28-34/h3-8,11,19,34H,2,9-10,12-15H2,1H3,(H2,26,28)(H,27,31). The normalized spacial score (nSPS) is 15.9. The minimum Gasteiger partial charge on any atom is -0.466 e. The van der Waals surface area contributed by atoms with E-state index in [1.165, 1.54) is 4.90 Å². The van der Waals surface area contributed by atoms with E-state index in [1.807, 2.05) is 4.90 Å². The van der Waals surface area contributed by atoms with Crippen LogP contribution in [0.5, 0.6) is 11.5 Å². The van der Waals surface area contributed by atoms with E-state index in [0.717, 1.165) is 5.69 Å². The number of carbonyl (C=O) groups is 3. The van der Waals surface area contributed by atoms with Crippen LogP contribution in [0.1, 0.15) is 30.5 Å². The molecule has 4 rings (SSSR count). The van der Waals surface area contributed by atoms with Gasteiger partial charge in [0.05, 0.1) is 32.2 Å².